The Morgan fingerprint density at radius 1 is 0.960 bits per heavy atom. The molecule has 3 aromatic rings. The number of anilines is 1. The van der Waals surface area contributed by atoms with Crippen molar-refractivity contribution in [2.24, 2.45) is 0 Å². The lowest BCUT2D eigenvalue weighted by Crippen LogP contribution is -2.06. The molecule has 1 aliphatic rings. The number of aromatic nitrogens is 2. The van der Waals surface area contributed by atoms with Crippen molar-refractivity contribution in [1.82, 2.24) is 9.78 Å². The van der Waals surface area contributed by atoms with Crippen molar-refractivity contribution in [3.63, 3.8) is 0 Å². The van der Waals surface area contributed by atoms with Gasteiger partial charge in [0, 0.05) is 33.6 Å². The highest BCUT2D eigenvalue weighted by Gasteiger charge is 2.24. The Morgan fingerprint density at radius 2 is 1.72 bits per heavy atom. The summed E-state index contributed by atoms with van der Waals surface area (Å²) >= 11 is 24.8. The van der Waals surface area contributed by atoms with E-state index < -0.39 is 0 Å². The second kappa shape index (κ2) is 6.73. The Morgan fingerprint density at radius 3 is 2.52 bits per heavy atom. The molecule has 0 unspecified atom stereocenters. The Bertz CT molecular complexity index is 965. The third-order valence-corrected chi connectivity index (χ3v) is 5.39. The number of rotatable bonds is 3. The number of nitrogens with one attached hydrogen (secondary N) is 1. The lowest BCUT2D eigenvalue weighted by atomic mass is 10.1. The van der Waals surface area contributed by atoms with Crippen LogP contribution in [0.1, 0.15) is 16.8 Å². The molecular formula is C18H13Cl4N3. The average molecular weight is 413 g/mol. The number of fused-ring (bicyclic) bond motifs is 1. The van der Waals surface area contributed by atoms with E-state index in [0.29, 0.717) is 26.5 Å². The van der Waals surface area contributed by atoms with E-state index in [9.17, 15) is 0 Å². The third kappa shape index (κ3) is 3.22. The van der Waals surface area contributed by atoms with Gasteiger partial charge in [0.25, 0.3) is 0 Å². The fraction of sp³-hybridized carbons (Fsp3) is 0.167. The summed E-state index contributed by atoms with van der Waals surface area (Å²) < 4.78 is 1.83. The third-order valence-electron chi connectivity index (χ3n) is 4.24. The van der Waals surface area contributed by atoms with Gasteiger partial charge >= 0.3 is 0 Å². The summed E-state index contributed by atoms with van der Waals surface area (Å²) in [5.74, 6) is 0.962. The minimum atomic E-state index is 0.597. The van der Waals surface area contributed by atoms with E-state index in [0.717, 1.165) is 35.7 Å². The second-order valence-corrected chi connectivity index (χ2v) is 7.56. The van der Waals surface area contributed by atoms with E-state index in [4.69, 9.17) is 51.5 Å². The molecule has 0 amide bonds. The Kier molecular flexibility index (Phi) is 4.59. The fourth-order valence-electron chi connectivity index (χ4n) is 3.06. The van der Waals surface area contributed by atoms with Crippen molar-refractivity contribution >= 4 is 52.2 Å². The Balaban J connectivity index is 1.79. The predicted octanol–water partition coefficient (Wildman–Crippen LogP) is 6.04. The molecule has 1 aliphatic heterocycles. The summed E-state index contributed by atoms with van der Waals surface area (Å²) in [7, 11) is 0. The van der Waals surface area contributed by atoms with Crippen LogP contribution in [0.3, 0.4) is 0 Å². The predicted molar refractivity (Wildman–Crippen MR) is 105 cm³/mol. The van der Waals surface area contributed by atoms with Gasteiger partial charge in [-0.05, 0) is 42.3 Å². The molecule has 3 nitrogen and oxygen atoms in total. The van der Waals surface area contributed by atoms with Gasteiger partial charge in [0.1, 0.15) is 5.82 Å². The van der Waals surface area contributed by atoms with E-state index in [2.05, 4.69) is 5.32 Å². The van der Waals surface area contributed by atoms with Gasteiger partial charge in [0.05, 0.1) is 16.4 Å². The standard InChI is InChI=1S/C18H13Cl4N3/c19-11-2-1-10(15(22)8-11)7-16-13-5-6-23-18(13)25(24-16)17-9-12(20)3-4-14(17)21/h1-4,8-9,23H,5-7H2. The van der Waals surface area contributed by atoms with Crippen LogP contribution in [0.2, 0.25) is 20.1 Å². The zero-order valence-electron chi connectivity index (χ0n) is 13.0. The monoisotopic (exact) mass is 411 g/mol. The van der Waals surface area contributed by atoms with Crippen molar-refractivity contribution in [2.75, 3.05) is 11.9 Å². The first kappa shape index (κ1) is 17.0. The van der Waals surface area contributed by atoms with Gasteiger partial charge in [-0.2, -0.15) is 5.10 Å². The van der Waals surface area contributed by atoms with Gasteiger partial charge < -0.3 is 5.32 Å². The maximum Gasteiger partial charge on any atom is 0.133 e. The van der Waals surface area contributed by atoms with Gasteiger partial charge in [-0.1, -0.05) is 52.5 Å². The van der Waals surface area contributed by atoms with Crippen LogP contribution in [0.25, 0.3) is 5.69 Å². The van der Waals surface area contributed by atoms with E-state index in [1.807, 2.05) is 22.9 Å². The first-order valence-corrected chi connectivity index (χ1v) is 9.28. The Hall–Kier alpha value is -1.39. The van der Waals surface area contributed by atoms with Gasteiger partial charge in [-0.3, -0.25) is 0 Å². The summed E-state index contributed by atoms with van der Waals surface area (Å²) in [6.45, 7) is 0.868. The highest BCUT2D eigenvalue weighted by molar-refractivity contribution is 6.35. The van der Waals surface area contributed by atoms with Crippen LogP contribution in [0.5, 0.6) is 0 Å². The van der Waals surface area contributed by atoms with Crippen LogP contribution in [0.15, 0.2) is 36.4 Å². The zero-order chi connectivity index (χ0) is 17.6. The molecule has 0 atom stereocenters. The molecule has 2 aromatic carbocycles. The lowest BCUT2D eigenvalue weighted by Gasteiger charge is -2.09. The van der Waals surface area contributed by atoms with Crippen molar-refractivity contribution in [2.45, 2.75) is 12.8 Å². The quantitative estimate of drug-likeness (QED) is 0.567. The van der Waals surface area contributed by atoms with Crippen molar-refractivity contribution in [1.29, 1.82) is 0 Å². The molecule has 0 saturated carbocycles. The SMILES string of the molecule is Clc1ccc(Cc2nn(-c3cc(Cl)ccc3Cl)c3c2CCN3)c(Cl)c1. The first-order valence-electron chi connectivity index (χ1n) is 7.77. The number of nitrogens with zero attached hydrogens (tertiary/aromatic N) is 2. The number of hydrogen-bond acceptors (Lipinski definition) is 2. The zero-order valence-corrected chi connectivity index (χ0v) is 16.0. The molecule has 0 saturated heterocycles. The van der Waals surface area contributed by atoms with Gasteiger partial charge in [-0.15, -0.1) is 0 Å². The van der Waals surface area contributed by atoms with Crippen LogP contribution in [0, 0.1) is 0 Å². The van der Waals surface area contributed by atoms with E-state index in [1.165, 1.54) is 5.56 Å². The summed E-state index contributed by atoms with van der Waals surface area (Å²) in [6, 6.07) is 10.9. The smallest absolute Gasteiger partial charge is 0.133 e. The molecule has 0 bridgehead atoms. The van der Waals surface area contributed by atoms with Crippen LogP contribution in [-0.2, 0) is 12.8 Å². The summed E-state index contributed by atoms with van der Waals surface area (Å²) in [6.07, 6.45) is 1.54. The van der Waals surface area contributed by atoms with Crippen molar-refractivity contribution in [3.8, 4) is 5.69 Å². The summed E-state index contributed by atoms with van der Waals surface area (Å²) in [5, 5.41) is 10.6. The van der Waals surface area contributed by atoms with Crippen LogP contribution >= 0.6 is 46.4 Å². The highest BCUT2D eigenvalue weighted by atomic mass is 35.5. The number of halogens is 4. The van der Waals surface area contributed by atoms with Crippen LogP contribution < -0.4 is 5.32 Å². The molecule has 1 N–H and O–H groups in total. The maximum absolute atomic E-state index is 6.36. The first-order chi connectivity index (χ1) is 12.0. The van der Waals surface area contributed by atoms with Gasteiger partial charge in [0.2, 0.25) is 0 Å². The topological polar surface area (TPSA) is 29.9 Å². The number of hydrogen-bond donors (Lipinski definition) is 1. The largest absolute Gasteiger partial charge is 0.369 e. The molecule has 7 heteroatoms. The van der Waals surface area contributed by atoms with E-state index in [-0.39, 0.29) is 0 Å². The minimum absolute atomic E-state index is 0.597. The molecule has 25 heavy (non-hydrogen) atoms. The van der Waals surface area contributed by atoms with E-state index in [1.54, 1.807) is 18.2 Å². The highest BCUT2D eigenvalue weighted by Crippen LogP contribution is 2.34. The maximum atomic E-state index is 6.36. The van der Waals surface area contributed by atoms with E-state index >= 15 is 0 Å². The molecule has 2 heterocycles. The second-order valence-electron chi connectivity index (χ2n) is 5.87. The molecule has 0 aliphatic carbocycles. The van der Waals surface area contributed by atoms with Crippen LogP contribution in [0.4, 0.5) is 5.82 Å². The molecule has 1 aromatic heterocycles. The molecule has 0 spiro atoms. The van der Waals surface area contributed by atoms with Crippen molar-refractivity contribution in [3.05, 3.63) is 73.3 Å². The molecule has 128 valence electrons. The fourth-order valence-corrected chi connectivity index (χ4v) is 3.89. The number of benzene rings is 2. The molecular weight excluding hydrogens is 400 g/mol. The summed E-state index contributed by atoms with van der Waals surface area (Å²) in [4.78, 5) is 0. The minimum Gasteiger partial charge on any atom is -0.369 e. The molecule has 4 rings (SSSR count). The normalized spacial score (nSPS) is 13.0. The van der Waals surface area contributed by atoms with Crippen molar-refractivity contribution < 1.29 is 0 Å². The Labute approximate surface area is 165 Å². The molecule has 0 radical (unpaired) electrons. The van der Waals surface area contributed by atoms with Crippen LogP contribution in [-0.4, -0.2) is 16.3 Å². The van der Waals surface area contributed by atoms with Gasteiger partial charge in [-0.25, -0.2) is 4.68 Å². The lowest BCUT2D eigenvalue weighted by molar-refractivity contribution is 0.840. The molecule has 0 fully saturated rings. The van der Waals surface area contributed by atoms with Gasteiger partial charge in [0.15, 0.2) is 0 Å². The average Bonchev–Trinajstić information content (AvgIpc) is 3.16. The summed E-state index contributed by atoms with van der Waals surface area (Å²) in [5.41, 5.74) is 3.90.